The van der Waals surface area contributed by atoms with Crippen LogP contribution in [0.25, 0.3) is 0 Å². The third-order valence-corrected chi connectivity index (χ3v) is 0.635. The number of alkyl halides is 3. The molecule has 0 radical (unpaired) electrons. The van der Waals surface area contributed by atoms with Crippen LogP contribution in [0.15, 0.2) is 12.5 Å². The molecule has 2 nitrogen and oxygen atoms in total. The van der Waals surface area contributed by atoms with Crippen molar-refractivity contribution in [3.8, 4) is 0 Å². The first-order valence-corrected chi connectivity index (χ1v) is 2.50. The molecule has 1 aromatic heterocycles. The fraction of sp³-hybridized carbons (Fsp3) is 0.400. The van der Waals surface area contributed by atoms with Crippen LogP contribution in [-0.4, -0.2) is 16.6 Å². The van der Waals surface area contributed by atoms with Gasteiger partial charge >= 0.3 is 6.68 Å². The zero-order valence-corrected chi connectivity index (χ0v) is 5.31. The number of nitrogens with one attached hydrogen (secondary N) is 1. The Morgan fingerprint density at radius 3 is 2.10 bits per heavy atom. The number of aromatic amines is 1. The lowest BCUT2D eigenvalue weighted by Gasteiger charge is -1.67. The summed E-state index contributed by atoms with van der Waals surface area (Å²) in [6, 6.07) is 0. The van der Waals surface area contributed by atoms with Crippen molar-refractivity contribution in [3.05, 3.63) is 18.2 Å². The van der Waals surface area contributed by atoms with Gasteiger partial charge in [0.25, 0.3) is 0 Å². The van der Waals surface area contributed by atoms with Gasteiger partial charge in [0.2, 0.25) is 0 Å². The Bertz CT molecular complexity index is 147. The van der Waals surface area contributed by atoms with E-state index in [2.05, 4.69) is 9.97 Å². The van der Waals surface area contributed by atoms with Crippen LogP contribution in [0.1, 0.15) is 5.69 Å². The summed E-state index contributed by atoms with van der Waals surface area (Å²) in [4.78, 5) is 6.66. The summed E-state index contributed by atoms with van der Waals surface area (Å²) < 4.78 is 29.0. The van der Waals surface area contributed by atoms with Gasteiger partial charge in [0.15, 0.2) is 0 Å². The quantitative estimate of drug-likeness (QED) is 0.604. The van der Waals surface area contributed by atoms with Crippen LogP contribution in [0, 0.1) is 6.92 Å². The van der Waals surface area contributed by atoms with Crippen LogP contribution >= 0.6 is 0 Å². The van der Waals surface area contributed by atoms with E-state index in [1.54, 1.807) is 12.5 Å². The first-order chi connectivity index (χ1) is 4.63. The zero-order chi connectivity index (χ0) is 7.98. The first-order valence-electron chi connectivity index (χ1n) is 2.50. The molecule has 10 heavy (non-hydrogen) atoms. The minimum Gasteiger partial charge on any atom is -0.349 e. The van der Waals surface area contributed by atoms with Crippen LogP contribution in [0.5, 0.6) is 0 Å². The highest BCUT2D eigenvalue weighted by atomic mass is 19.4. The molecule has 58 valence electrons. The molecule has 0 aliphatic heterocycles. The summed E-state index contributed by atoms with van der Waals surface area (Å²) in [5.41, 5.74) is 1.11. The molecule has 5 heteroatoms. The fourth-order valence-electron chi connectivity index (χ4n) is 0.325. The summed E-state index contributed by atoms with van der Waals surface area (Å²) in [5.74, 6) is 0. The Hall–Kier alpha value is -1.00. The number of rotatable bonds is 0. The van der Waals surface area contributed by atoms with Gasteiger partial charge in [-0.3, -0.25) is 0 Å². The van der Waals surface area contributed by atoms with Gasteiger partial charge in [-0.15, -0.1) is 0 Å². The number of hydrogen-bond donors (Lipinski definition) is 1. The van der Waals surface area contributed by atoms with E-state index in [1.165, 1.54) is 0 Å². The highest BCUT2D eigenvalue weighted by Gasteiger charge is 1.86. The van der Waals surface area contributed by atoms with Crippen LogP contribution in [0.3, 0.4) is 0 Å². The van der Waals surface area contributed by atoms with Gasteiger partial charge in [-0.2, -0.15) is 13.2 Å². The number of halogens is 3. The SMILES string of the molecule is Cc1cnc[nH]1.FC(F)F. The second kappa shape index (κ2) is 4.84. The zero-order valence-electron chi connectivity index (χ0n) is 5.31. The lowest BCUT2D eigenvalue weighted by atomic mass is 10.6. The molecule has 0 aliphatic carbocycles. The maximum Gasteiger partial charge on any atom is 0.379 e. The molecule has 0 aromatic carbocycles. The van der Waals surface area contributed by atoms with Crippen LogP contribution in [0.2, 0.25) is 0 Å². The van der Waals surface area contributed by atoms with Gasteiger partial charge in [-0.05, 0) is 6.92 Å². The number of imidazole rings is 1. The average Bonchev–Trinajstić information content (AvgIpc) is 2.15. The molecule has 1 rings (SSSR count). The smallest absolute Gasteiger partial charge is 0.349 e. The van der Waals surface area contributed by atoms with E-state index in [9.17, 15) is 13.2 Å². The highest BCUT2D eigenvalue weighted by Crippen LogP contribution is 1.87. The van der Waals surface area contributed by atoms with E-state index >= 15 is 0 Å². The second-order valence-corrected chi connectivity index (χ2v) is 1.48. The summed E-state index contributed by atoms with van der Waals surface area (Å²) in [5, 5.41) is 0. The molecule has 0 saturated heterocycles. The first kappa shape index (κ1) is 9.00. The number of H-pyrrole nitrogens is 1. The normalized spacial score (nSPS) is 8.90. The molecular formula is C5H7F3N2. The lowest BCUT2D eigenvalue weighted by molar-refractivity contribution is 0.00819. The number of aromatic nitrogens is 2. The molecule has 0 atom stereocenters. The predicted molar refractivity (Wildman–Crippen MR) is 30.4 cm³/mol. The van der Waals surface area contributed by atoms with Crippen LogP contribution in [0.4, 0.5) is 13.2 Å². The summed E-state index contributed by atoms with van der Waals surface area (Å²) in [7, 11) is 0. The molecule has 0 amide bonds. The highest BCUT2D eigenvalue weighted by molar-refractivity contribution is 4.87. The third kappa shape index (κ3) is 7.00. The number of hydrogen-bond acceptors (Lipinski definition) is 1. The maximum absolute atomic E-state index is 9.67. The number of nitrogens with zero attached hydrogens (tertiary/aromatic N) is 1. The molecule has 0 saturated carbocycles. The molecular weight excluding hydrogens is 145 g/mol. The van der Waals surface area contributed by atoms with E-state index in [1.807, 2.05) is 6.92 Å². The Labute approximate surface area is 56.1 Å². The van der Waals surface area contributed by atoms with Gasteiger partial charge in [-0.25, -0.2) is 4.98 Å². The van der Waals surface area contributed by atoms with Crippen molar-refractivity contribution in [1.82, 2.24) is 9.97 Å². The predicted octanol–water partition coefficient (Wildman–Crippen LogP) is 1.90. The van der Waals surface area contributed by atoms with Crippen LogP contribution < -0.4 is 0 Å². The van der Waals surface area contributed by atoms with Gasteiger partial charge in [0.1, 0.15) is 0 Å². The Kier molecular flexibility index (Phi) is 4.36. The molecule has 1 heterocycles. The molecule has 0 aliphatic rings. The van der Waals surface area contributed by atoms with Crippen molar-refractivity contribution in [2.75, 3.05) is 0 Å². The minimum absolute atomic E-state index is 1.11. The minimum atomic E-state index is -3.67. The second-order valence-electron chi connectivity index (χ2n) is 1.48. The molecule has 0 spiro atoms. The summed E-state index contributed by atoms with van der Waals surface area (Å²) in [6.07, 6.45) is 3.44. The summed E-state index contributed by atoms with van der Waals surface area (Å²) in [6.45, 7) is -1.70. The third-order valence-electron chi connectivity index (χ3n) is 0.635. The summed E-state index contributed by atoms with van der Waals surface area (Å²) >= 11 is 0. The van der Waals surface area contributed by atoms with E-state index in [4.69, 9.17) is 0 Å². The number of aryl methyl sites for hydroxylation is 1. The molecule has 1 N–H and O–H groups in total. The van der Waals surface area contributed by atoms with Crippen molar-refractivity contribution >= 4 is 0 Å². The van der Waals surface area contributed by atoms with E-state index in [0.717, 1.165) is 5.69 Å². The Balaban J connectivity index is 0.000000180. The van der Waals surface area contributed by atoms with Crippen LogP contribution in [-0.2, 0) is 0 Å². The van der Waals surface area contributed by atoms with E-state index < -0.39 is 6.68 Å². The van der Waals surface area contributed by atoms with Crippen molar-refractivity contribution in [3.63, 3.8) is 0 Å². The van der Waals surface area contributed by atoms with Crippen molar-refractivity contribution in [2.45, 2.75) is 13.6 Å². The van der Waals surface area contributed by atoms with Crippen molar-refractivity contribution < 1.29 is 13.2 Å². The fourth-order valence-corrected chi connectivity index (χ4v) is 0.325. The van der Waals surface area contributed by atoms with E-state index in [-0.39, 0.29) is 0 Å². The maximum atomic E-state index is 9.67. The molecule has 0 unspecified atom stereocenters. The topological polar surface area (TPSA) is 28.7 Å². The van der Waals surface area contributed by atoms with Gasteiger partial charge in [0.05, 0.1) is 6.33 Å². The van der Waals surface area contributed by atoms with Crippen molar-refractivity contribution in [1.29, 1.82) is 0 Å². The monoisotopic (exact) mass is 152 g/mol. The Morgan fingerprint density at radius 2 is 2.00 bits per heavy atom. The molecule has 0 bridgehead atoms. The standard InChI is InChI=1S/C4H6N2.CHF3/c1-4-2-5-3-6-4;2-1(3)4/h2-3H,1H3,(H,5,6);1H. The molecule has 0 fully saturated rings. The lowest BCUT2D eigenvalue weighted by Crippen LogP contribution is -1.65. The van der Waals surface area contributed by atoms with Gasteiger partial charge in [0, 0.05) is 11.9 Å². The van der Waals surface area contributed by atoms with Gasteiger partial charge < -0.3 is 4.98 Å². The Morgan fingerprint density at radius 1 is 1.50 bits per heavy atom. The van der Waals surface area contributed by atoms with E-state index in [0.29, 0.717) is 0 Å². The average molecular weight is 152 g/mol. The van der Waals surface area contributed by atoms with Crippen molar-refractivity contribution in [2.24, 2.45) is 0 Å². The largest absolute Gasteiger partial charge is 0.379 e. The molecule has 1 aromatic rings. The van der Waals surface area contributed by atoms with Gasteiger partial charge in [-0.1, -0.05) is 0 Å².